The zero-order valence-corrected chi connectivity index (χ0v) is 10.7. The molecule has 16 heavy (non-hydrogen) atoms. The summed E-state index contributed by atoms with van der Waals surface area (Å²) < 4.78 is 18.6. The fraction of sp³-hybridized carbons (Fsp3) is 0.417. The number of hydrogen-bond acceptors (Lipinski definition) is 2. The van der Waals surface area contributed by atoms with E-state index >= 15 is 0 Å². The Balaban J connectivity index is 2.89. The van der Waals surface area contributed by atoms with Crippen molar-refractivity contribution in [2.45, 2.75) is 19.8 Å². The molecule has 0 aliphatic heterocycles. The van der Waals surface area contributed by atoms with Gasteiger partial charge in [0.2, 0.25) is 0 Å². The van der Waals surface area contributed by atoms with Gasteiger partial charge in [-0.25, -0.2) is 9.18 Å². The highest BCUT2D eigenvalue weighted by molar-refractivity contribution is 9.09. The maximum absolute atomic E-state index is 13.9. The van der Waals surface area contributed by atoms with Gasteiger partial charge in [-0.3, -0.25) is 0 Å². The lowest BCUT2D eigenvalue weighted by Gasteiger charge is -2.07. The van der Waals surface area contributed by atoms with Gasteiger partial charge in [0.05, 0.1) is 12.2 Å². The summed E-state index contributed by atoms with van der Waals surface area (Å²) in [5, 5.41) is 0.816. The minimum absolute atomic E-state index is 0.0222. The fourth-order valence-electron chi connectivity index (χ4n) is 1.40. The van der Waals surface area contributed by atoms with Gasteiger partial charge in [0.25, 0.3) is 0 Å². The number of halogens is 2. The maximum Gasteiger partial charge on any atom is 0.341 e. The van der Waals surface area contributed by atoms with Crippen LogP contribution in [0.1, 0.15) is 29.3 Å². The van der Waals surface area contributed by atoms with Gasteiger partial charge in [0, 0.05) is 5.33 Å². The normalized spacial score (nSPS) is 10.2. The van der Waals surface area contributed by atoms with Crippen molar-refractivity contribution >= 4 is 21.9 Å². The number of benzene rings is 1. The average molecular weight is 289 g/mol. The Morgan fingerprint density at radius 1 is 1.50 bits per heavy atom. The van der Waals surface area contributed by atoms with E-state index < -0.39 is 11.8 Å². The van der Waals surface area contributed by atoms with Crippen LogP contribution in [0.25, 0.3) is 0 Å². The second kappa shape index (κ2) is 6.63. The van der Waals surface area contributed by atoms with E-state index in [-0.39, 0.29) is 12.2 Å². The standard InChI is InChI=1S/C12H14BrFO2/c1-2-16-12(15)10-7-3-5-9(11(10)14)6-4-8-13/h3,5,7H,2,4,6,8H2,1H3. The van der Waals surface area contributed by atoms with E-state index in [0.29, 0.717) is 12.0 Å². The summed E-state index contributed by atoms with van der Waals surface area (Å²) >= 11 is 3.29. The van der Waals surface area contributed by atoms with Crippen LogP contribution in [0.3, 0.4) is 0 Å². The van der Waals surface area contributed by atoms with Crippen molar-refractivity contribution in [2.24, 2.45) is 0 Å². The van der Waals surface area contributed by atoms with Crippen LogP contribution < -0.4 is 0 Å². The summed E-state index contributed by atoms with van der Waals surface area (Å²) in [5.41, 5.74) is 0.582. The van der Waals surface area contributed by atoms with E-state index in [4.69, 9.17) is 4.74 Å². The molecule has 0 spiro atoms. The monoisotopic (exact) mass is 288 g/mol. The second-order valence-corrected chi connectivity index (χ2v) is 4.08. The van der Waals surface area contributed by atoms with Crippen molar-refractivity contribution in [1.29, 1.82) is 0 Å². The quantitative estimate of drug-likeness (QED) is 0.614. The molecule has 0 aliphatic carbocycles. The second-order valence-electron chi connectivity index (χ2n) is 3.29. The highest BCUT2D eigenvalue weighted by atomic mass is 79.9. The zero-order valence-electron chi connectivity index (χ0n) is 9.13. The number of rotatable bonds is 5. The first kappa shape index (κ1) is 13.2. The van der Waals surface area contributed by atoms with Gasteiger partial charge in [-0.05, 0) is 31.4 Å². The third kappa shape index (κ3) is 3.30. The molecule has 0 N–H and O–H groups in total. The molecule has 0 heterocycles. The van der Waals surface area contributed by atoms with Crippen molar-refractivity contribution in [3.8, 4) is 0 Å². The van der Waals surface area contributed by atoms with Gasteiger partial charge in [-0.1, -0.05) is 28.1 Å². The van der Waals surface area contributed by atoms with Crippen LogP contribution >= 0.6 is 15.9 Å². The van der Waals surface area contributed by atoms with Crippen LogP contribution in [0.15, 0.2) is 18.2 Å². The molecule has 0 radical (unpaired) electrons. The molecule has 0 bridgehead atoms. The van der Waals surface area contributed by atoms with Crippen LogP contribution in [-0.4, -0.2) is 17.9 Å². The van der Waals surface area contributed by atoms with Crippen LogP contribution in [0.5, 0.6) is 0 Å². The van der Waals surface area contributed by atoms with Crippen molar-refractivity contribution < 1.29 is 13.9 Å². The molecule has 0 saturated carbocycles. The predicted molar refractivity (Wildman–Crippen MR) is 64.5 cm³/mol. The zero-order chi connectivity index (χ0) is 12.0. The van der Waals surface area contributed by atoms with Gasteiger partial charge in [-0.2, -0.15) is 0 Å². The number of alkyl halides is 1. The molecule has 1 aromatic rings. The molecular formula is C12H14BrFO2. The smallest absolute Gasteiger partial charge is 0.341 e. The van der Waals surface area contributed by atoms with Gasteiger partial charge < -0.3 is 4.74 Å². The molecule has 4 heteroatoms. The van der Waals surface area contributed by atoms with Crippen molar-refractivity contribution in [1.82, 2.24) is 0 Å². The molecule has 0 unspecified atom stereocenters. The molecule has 0 fully saturated rings. The molecular weight excluding hydrogens is 275 g/mol. The maximum atomic E-state index is 13.9. The summed E-state index contributed by atoms with van der Waals surface area (Å²) in [5.74, 6) is -1.05. The first-order valence-corrected chi connectivity index (χ1v) is 6.33. The SMILES string of the molecule is CCOC(=O)c1cccc(CCCBr)c1F. The van der Waals surface area contributed by atoms with Crippen LogP contribution in [0.4, 0.5) is 4.39 Å². The van der Waals surface area contributed by atoms with Gasteiger partial charge in [0.15, 0.2) is 0 Å². The van der Waals surface area contributed by atoms with Gasteiger partial charge in [0.1, 0.15) is 5.82 Å². The average Bonchev–Trinajstić information content (AvgIpc) is 2.28. The largest absolute Gasteiger partial charge is 0.462 e. The van der Waals surface area contributed by atoms with E-state index in [2.05, 4.69) is 15.9 Å². The fourth-order valence-corrected chi connectivity index (χ4v) is 1.68. The van der Waals surface area contributed by atoms with Gasteiger partial charge >= 0.3 is 5.97 Å². The van der Waals surface area contributed by atoms with E-state index in [1.54, 1.807) is 19.1 Å². The molecule has 0 aromatic heterocycles. The lowest BCUT2D eigenvalue weighted by atomic mass is 10.1. The third-order valence-electron chi connectivity index (χ3n) is 2.15. The number of carbonyl (C=O) groups is 1. The van der Waals surface area contributed by atoms with E-state index in [1.165, 1.54) is 6.07 Å². The predicted octanol–water partition coefficient (Wildman–Crippen LogP) is 3.33. The van der Waals surface area contributed by atoms with Crippen molar-refractivity contribution in [3.05, 3.63) is 35.1 Å². The van der Waals surface area contributed by atoms with E-state index in [9.17, 15) is 9.18 Å². The third-order valence-corrected chi connectivity index (χ3v) is 2.71. The molecule has 1 rings (SSSR count). The van der Waals surface area contributed by atoms with E-state index in [1.807, 2.05) is 0 Å². The Hall–Kier alpha value is -0.900. The van der Waals surface area contributed by atoms with E-state index in [0.717, 1.165) is 11.8 Å². The summed E-state index contributed by atoms with van der Waals surface area (Å²) in [6.07, 6.45) is 1.45. The number of esters is 1. The number of carbonyl (C=O) groups excluding carboxylic acids is 1. The number of aryl methyl sites for hydroxylation is 1. The first-order valence-electron chi connectivity index (χ1n) is 5.21. The Kier molecular flexibility index (Phi) is 5.46. The van der Waals surface area contributed by atoms with Crippen LogP contribution in [-0.2, 0) is 11.2 Å². The first-order chi connectivity index (χ1) is 7.70. The van der Waals surface area contributed by atoms with Crippen molar-refractivity contribution in [2.75, 3.05) is 11.9 Å². The molecule has 0 atom stereocenters. The Labute approximate surface area is 103 Å². The Bertz CT molecular complexity index is 366. The lowest BCUT2D eigenvalue weighted by molar-refractivity contribution is 0.0521. The molecule has 0 aliphatic rings. The van der Waals surface area contributed by atoms with Crippen molar-refractivity contribution in [3.63, 3.8) is 0 Å². The lowest BCUT2D eigenvalue weighted by Crippen LogP contribution is -2.09. The summed E-state index contributed by atoms with van der Waals surface area (Å²) in [7, 11) is 0. The molecule has 0 amide bonds. The Morgan fingerprint density at radius 2 is 2.25 bits per heavy atom. The van der Waals surface area contributed by atoms with Crippen LogP contribution in [0, 0.1) is 5.82 Å². The number of ether oxygens (including phenoxy) is 1. The Morgan fingerprint density at radius 3 is 2.88 bits per heavy atom. The molecule has 2 nitrogen and oxygen atoms in total. The molecule has 88 valence electrons. The molecule has 1 aromatic carbocycles. The highest BCUT2D eigenvalue weighted by Gasteiger charge is 2.15. The number of hydrogen-bond donors (Lipinski definition) is 0. The minimum atomic E-state index is -0.597. The summed E-state index contributed by atoms with van der Waals surface area (Å²) in [6.45, 7) is 1.95. The minimum Gasteiger partial charge on any atom is -0.462 e. The topological polar surface area (TPSA) is 26.3 Å². The highest BCUT2D eigenvalue weighted by Crippen LogP contribution is 2.16. The molecule has 0 saturated heterocycles. The van der Waals surface area contributed by atoms with Gasteiger partial charge in [-0.15, -0.1) is 0 Å². The summed E-state index contributed by atoms with van der Waals surface area (Å²) in [6, 6.07) is 4.82. The summed E-state index contributed by atoms with van der Waals surface area (Å²) in [4.78, 5) is 11.4. The van der Waals surface area contributed by atoms with Crippen LogP contribution in [0.2, 0.25) is 0 Å².